The number of halogens is 1. The Balaban J connectivity index is 1.74. The van der Waals surface area contributed by atoms with Crippen molar-refractivity contribution in [3.63, 3.8) is 0 Å². The third-order valence-corrected chi connectivity index (χ3v) is 5.05. The van der Waals surface area contributed by atoms with Crippen molar-refractivity contribution in [2.75, 3.05) is 12.4 Å². The topological polar surface area (TPSA) is 84.7 Å². The zero-order valence-corrected chi connectivity index (χ0v) is 18.4. The number of amides is 2. The highest BCUT2D eigenvalue weighted by molar-refractivity contribution is 6.30. The first-order valence-corrected chi connectivity index (χ1v) is 9.92. The van der Waals surface area contributed by atoms with Gasteiger partial charge in [0.05, 0.1) is 18.9 Å². The van der Waals surface area contributed by atoms with Crippen molar-refractivity contribution in [2.45, 2.75) is 20.8 Å². The number of aryl methyl sites for hydroxylation is 2. The number of esters is 1. The smallest absolute Gasteiger partial charge is 0.339 e. The summed E-state index contributed by atoms with van der Waals surface area (Å²) in [5.74, 6) is -0.369. The highest BCUT2D eigenvalue weighted by atomic mass is 35.5. The van der Waals surface area contributed by atoms with Crippen molar-refractivity contribution in [2.24, 2.45) is 5.10 Å². The van der Waals surface area contributed by atoms with Gasteiger partial charge in [-0.2, -0.15) is 5.10 Å². The van der Waals surface area contributed by atoms with Crippen LogP contribution in [0.25, 0.3) is 5.69 Å². The minimum atomic E-state index is -0.457. The summed E-state index contributed by atoms with van der Waals surface area (Å²) in [6.07, 6.45) is 1.60. The number of nitrogens with zero attached hydrogens (tertiary/aromatic N) is 2. The standard InChI is InChI=1S/C23H23ClN4O3/c1-14-11-17(22(29)31-4)5-10-21(14)28-15(2)12-18(16(28)3)13-25-27-23(30)26-20-8-6-19(24)7-9-20/h5-13H,1-4H3,(H2,26,27,30)/b25-13+. The molecule has 0 aliphatic heterocycles. The van der Waals surface area contributed by atoms with Crippen molar-refractivity contribution < 1.29 is 14.3 Å². The van der Waals surface area contributed by atoms with Crippen LogP contribution in [-0.4, -0.2) is 29.9 Å². The van der Waals surface area contributed by atoms with E-state index in [1.165, 1.54) is 7.11 Å². The van der Waals surface area contributed by atoms with Gasteiger partial charge < -0.3 is 14.6 Å². The van der Waals surface area contributed by atoms with Crippen molar-refractivity contribution >= 4 is 35.5 Å². The molecule has 1 heterocycles. The summed E-state index contributed by atoms with van der Waals surface area (Å²) >= 11 is 5.84. The third-order valence-electron chi connectivity index (χ3n) is 4.80. The maximum atomic E-state index is 12.0. The molecule has 2 aromatic carbocycles. The first-order chi connectivity index (χ1) is 14.8. The van der Waals surface area contributed by atoms with Crippen LogP contribution in [0, 0.1) is 20.8 Å². The molecule has 0 atom stereocenters. The van der Waals surface area contributed by atoms with Crippen LogP contribution in [0.5, 0.6) is 0 Å². The Hall–Kier alpha value is -3.58. The molecule has 160 valence electrons. The van der Waals surface area contributed by atoms with Gasteiger partial charge in [-0.15, -0.1) is 0 Å². The van der Waals surface area contributed by atoms with Crippen LogP contribution >= 0.6 is 11.6 Å². The van der Waals surface area contributed by atoms with E-state index >= 15 is 0 Å². The summed E-state index contributed by atoms with van der Waals surface area (Å²) < 4.78 is 6.86. The molecule has 0 saturated heterocycles. The minimum absolute atomic E-state index is 0.369. The summed E-state index contributed by atoms with van der Waals surface area (Å²) in [7, 11) is 1.36. The number of aromatic nitrogens is 1. The number of ether oxygens (including phenoxy) is 1. The summed E-state index contributed by atoms with van der Waals surface area (Å²) in [5.41, 5.74) is 8.28. The van der Waals surface area contributed by atoms with Gasteiger partial charge in [-0.05, 0) is 74.9 Å². The number of methoxy groups -OCH3 is 1. The van der Waals surface area contributed by atoms with Crippen LogP contribution in [0.1, 0.15) is 32.9 Å². The SMILES string of the molecule is COC(=O)c1ccc(-n2c(C)cc(/C=N/NC(=O)Nc3ccc(Cl)cc3)c2C)c(C)c1. The highest BCUT2D eigenvalue weighted by Gasteiger charge is 2.14. The highest BCUT2D eigenvalue weighted by Crippen LogP contribution is 2.23. The molecule has 0 fully saturated rings. The Labute approximate surface area is 185 Å². The molecule has 2 N–H and O–H groups in total. The van der Waals surface area contributed by atoms with Gasteiger partial charge in [0.1, 0.15) is 0 Å². The zero-order chi connectivity index (χ0) is 22.5. The average molecular weight is 439 g/mol. The molecular weight excluding hydrogens is 416 g/mol. The Kier molecular flexibility index (Phi) is 6.77. The summed E-state index contributed by atoms with van der Waals surface area (Å²) in [5, 5.41) is 7.31. The molecule has 0 aliphatic carbocycles. The van der Waals surface area contributed by atoms with Gasteiger partial charge in [0.25, 0.3) is 0 Å². The van der Waals surface area contributed by atoms with E-state index in [4.69, 9.17) is 16.3 Å². The molecule has 8 heteroatoms. The Morgan fingerprint density at radius 2 is 1.77 bits per heavy atom. The van der Waals surface area contributed by atoms with Crippen molar-refractivity contribution in [1.29, 1.82) is 0 Å². The van der Waals surface area contributed by atoms with Gasteiger partial charge >= 0.3 is 12.0 Å². The molecule has 0 unspecified atom stereocenters. The van der Waals surface area contributed by atoms with Gasteiger partial charge in [0, 0.05) is 33.3 Å². The van der Waals surface area contributed by atoms with Gasteiger partial charge in [-0.1, -0.05) is 11.6 Å². The lowest BCUT2D eigenvalue weighted by atomic mass is 10.1. The predicted molar refractivity (Wildman–Crippen MR) is 123 cm³/mol. The van der Waals surface area contributed by atoms with E-state index in [-0.39, 0.29) is 5.97 Å². The second-order valence-electron chi connectivity index (χ2n) is 6.99. The number of anilines is 1. The first kappa shape index (κ1) is 22.1. The molecule has 7 nitrogen and oxygen atoms in total. The van der Waals surface area contributed by atoms with Gasteiger partial charge in [-0.25, -0.2) is 15.0 Å². The normalized spacial score (nSPS) is 10.9. The van der Waals surface area contributed by atoms with Crippen LogP contribution in [0.15, 0.2) is 53.6 Å². The number of carbonyl (C=O) groups excluding carboxylic acids is 2. The van der Waals surface area contributed by atoms with Crippen LogP contribution < -0.4 is 10.7 Å². The van der Waals surface area contributed by atoms with E-state index in [1.54, 1.807) is 42.6 Å². The molecule has 0 bridgehead atoms. The van der Waals surface area contributed by atoms with Crippen molar-refractivity contribution in [1.82, 2.24) is 9.99 Å². The molecule has 2 amide bonds. The largest absolute Gasteiger partial charge is 0.465 e. The average Bonchev–Trinajstić information content (AvgIpc) is 3.02. The Morgan fingerprint density at radius 3 is 2.42 bits per heavy atom. The quantitative estimate of drug-likeness (QED) is 0.334. The lowest BCUT2D eigenvalue weighted by Gasteiger charge is -2.13. The molecule has 0 spiro atoms. The maximum absolute atomic E-state index is 12.0. The third kappa shape index (κ3) is 5.13. The second-order valence-corrected chi connectivity index (χ2v) is 7.42. The van der Waals surface area contributed by atoms with Crippen LogP contribution in [0.2, 0.25) is 5.02 Å². The molecule has 3 rings (SSSR count). The molecule has 0 aliphatic rings. The van der Waals surface area contributed by atoms with Crippen molar-refractivity contribution in [3.8, 4) is 5.69 Å². The molecule has 31 heavy (non-hydrogen) atoms. The fraction of sp³-hybridized carbons (Fsp3) is 0.174. The lowest BCUT2D eigenvalue weighted by molar-refractivity contribution is 0.0600. The fourth-order valence-corrected chi connectivity index (χ4v) is 3.42. The first-order valence-electron chi connectivity index (χ1n) is 9.54. The number of benzene rings is 2. The number of urea groups is 1. The van der Waals surface area contributed by atoms with Gasteiger partial charge in [-0.3, -0.25) is 0 Å². The van der Waals surface area contributed by atoms with E-state index in [1.807, 2.05) is 32.9 Å². The Morgan fingerprint density at radius 1 is 1.06 bits per heavy atom. The van der Waals surface area contributed by atoms with Gasteiger partial charge in [0.2, 0.25) is 0 Å². The molecule has 0 radical (unpaired) electrons. The van der Waals surface area contributed by atoms with E-state index in [0.717, 1.165) is 28.2 Å². The number of rotatable bonds is 5. The molecule has 0 saturated carbocycles. The van der Waals surface area contributed by atoms with E-state index in [9.17, 15) is 9.59 Å². The molecular formula is C23H23ClN4O3. The second kappa shape index (κ2) is 9.49. The number of nitrogens with one attached hydrogen (secondary N) is 2. The minimum Gasteiger partial charge on any atom is -0.465 e. The van der Waals surface area contributed by atoms with Crippen LogP contribution in [0.3, 0.4) is 0 Å². The van der Waals surface area contributed by atoms with E-state index in [0.29, 0.717) is 16.3 Å². The number of carbonyl (C=O) groups is 2. The zero-order valence-electron chi connectivity index (χ0n) is 17.7. The Bertz CT molecular complexity index is 1150. The summed E-state index contributed by atoms with van der Waals surface area (Å²) in [6, 6.07) is 13.7. The van der Waals surface area contributed by atoms with Gasteiger partial charge in [0.15, 0.2) is 0 Å². The van der Waals surface area contributed by atoms with Crippen LogP contribution in [-0.2, 0) is 4.74 Å². The molecule has 3 aromatic rings. The monoisotopic (exact) mass is 438 g/mol. The maximum Gasteiger partial charge on any atom is 0.339 e. The predicted octanol–water partition coefficient (Wildman–Crippen LogP) is 5.00. The number of hydrazone groups is 1. The number of hydrogen-bond donors (Lipinski definition) is 2. The number of hydrogen-bond acceptors (Lipinski definition) is 4. The fourth-order valence-electron chi connectivity index (χ4n) is 3.29. The molecule has 1 aromatic heterocycles. The summed E-state index contributed by atoms with van der Waals surface area (Å²) in [4.78, 5) is 23.8. The lowest BCUT2D eigenvalue weighted by Crippen LogP contribution is -2.24. The van der Waals surface area contributed by atoms with Crippen molar-refractivity contribution in [3.05, 3.63) is 81.6 Å². The summed E-state index contributed by atoms with van der Waals surface area (Å²) in [6.45, 7) is 5.89. The van der Waals surface area contributed by atoms with E-state index < -0.39 is 6.03 Å². The van der Waals surface area contributed by atoms with Crippen LogP contribution in [0.4, 0.5) is 10.5 Å². The van der Waals surface area contributed by atoms with E-state index in [2.05, 4.69) is 20.4 Å².